The van der Waals surface area contributed by atoms with Crippen molar-refractivity contribution in [2.24, 2.45) is 0 Å². The molecule has 2 heterocycles. The molecule has 1 aliphatic carbocycles. The molecule has 0 unspecified atom stereocenters. The van der Waals surface area contributed by atoms with Gasteiger partial charge in [0.15, 0.2) is 5.78 Å². The number of Topliss-reactive ketones (excluding diaryl/α,β-unsaturated/α-hetero) is 1. The van der Waals surface area contributed by atoms with Gasteiger partial charge in [0.2, 0.25) is 0 Å². The molecule has 110 valence electrons. The van der Waals surface area contributed by atoms with Crippen LogP contribution in [0.25, 0.3) is 0 Å². The third-order valence-corrected chi connectivity index (χ3v) is 4.75. The molecule has 0 aromatic carbocycles. The maximum Gasteiger partial charge on any atom is 0.251 e. The van der Waals surface area contributed by atoms with Crippen LogP contribution in [0.3, 0.4) is 0 Å². The third-order valence-electron chi connectivity index (χ3n) is 3.80. The van der Waals surface area contributed by atoms with Gasteiger partial charge in [0.1, 0.15) is 0 Å². The minimum absolute atomic E-state index is 0.0477. The first-order chi connectivity index (χ1) is 10.2. The number of carbonyl (C=O) groups excluding carboxylic acids is 1. The van der Waals surface area contributed by atoms with Crippen molar-refractivity contribution < 1.29 is 4.79 Å². The van der Waals surface area contributed by atoms with Gasteiger partial charge in [-0.2, -0.15) is 0 Å². The Morgan fingerprint density at radius 1 is 1.29 bits per heavy atom. The molecule has 0 bridgehead atoms. The van der Waals surface area contributed by atoms with Gasteiger partial charge >= 0.3 is 0 Å². The monoisotopic (exact) mass is 302 g/mol. The second kappa shape index (κ2) is 5.93. The summed E-state index contributed by atoms with van der Waals surface area (Å²) in [5.74, 6) is 0.148. The first-order valence-corrected chi connectivity index (χ1v) is 8.26. The number of aryl methyl sites for hydroxylation is 1. The smallest absolute Gasteiger partial charge is 0.251 e. The molecule has 0 saturated heterocycles. The van der Waals surface area contributed by atoms with E-state index >= 15 is 0 Å². The van der Waals surface area contributed by atoms with Crippen LogP contribution in [0.5, 0.6) is 0 Å². The third kappa shape index (κ3) is 2.83. The van der Waals surface area contributed by atoms with Crippen molar-refractivity contribution in [2.75, 3.05) is 0 Å². The van der Waals surface area contributed by atoms with E-state index in [9.17, 15) is 9.59 Å². The quantitative estimate of drug-likeness (QED) is 0.872. The summed E-state index contributed by atoms with van der Waals surface area (Å²) in [5.41, 5.74) is 2.46. The van der Waals surface area contributed by atoms with E-state index in [0.29, 0.717) is 18.5 Å². The van der Waals surface area contributed by atoms with Gasteiger partial charge in [-0.3, -0.25) is 9.59 Å². The van der Waals surface area contributed by atoms with Crippen molar-refractivity contribution >= 4 is 17.1 Å². The molecule has 0 spiro atoms. The Morgan fingerprint density at radius 2 is 2.14 bits per heavy atom. The number of ketones is 1. The van der Waals surface area contributed by atoms with E-state index < -0.39 is 0 Å². The van der Waals surface area contributed by atoms with Gasteiger partial charge in [0, 0.05) is 29.1 Å². The summed E-state index contributed by atoms with van der Waals surface area (Å²) in [6.45, 7) is 2.60. The second-order valence-corrected chi connectivity index (χ2v) is 6.32. The number of carbonyl (C=O) groups is 1. The molecule has 0 fully saturated rings. The lowest BCUT2D eigenvalue weighted by atomic mass is 9.94. The number of thiazole rings is 1. The molecule has 0 radical (unpaired) electrons. The molecule has 1 aliphatic rings. The number of hydrogen-bond acceptors (Lipinski definition) is 4. The first-order valence-electron chi connectivity index (χ1n) is 7.38. The standard InChI is InChI=1S/C16H18N2O2S/c1-2-4-15-17-11(10-21-15)9-18-13-5-3-6-14(19)12(13)7-8-16(18)20/h7-8,10H,2-6,9H2,1H3. The number of pyridine rings is 1. The first kappa shape index (κ1) is 14.2. The minimum Gasteiger partial charge on any atom is -0.306 e. The van der Waals surface area contributed by atoms with Crippen molar-refractivity contribution in [3.05, 3.63) is 49.8 Å². The summed E-state index contributed by atoms with van der Waals surface area (Å²) in [6, 6.07) is 3.18. The summed E-state index contributed by atoms with van der Waals surface area (Å²) >= 11 is 1.64. The molecule has 21 heavy (non-hydrogen) atoms. The largest absolute Gasteiger partial charge is 0.306 e. The number of hydrogen-bond donors (Lipinski definition) is 0. The number of aromatic nitrogens is 2. The Labute approximate surface area is 127 Å². The molecule has 0 atom stereocenters. The zero-order valence-electron chi connectivity index (χ0n) is 12.1. The highest BCUT2D eigenvalue weighted by molar-refractivity contribution is 7.09. The van der Waals surface area contributed by atoms with E-state index in [-0.39, 0.29) is 11.3 Å². The highest BCUT2D eigenvalue weighted by atomic mass is 32.1. The van der Waals surface area contributed by atoms with Gasteiger partial charge in [-0.25, -0.2) is 4.98 Å². The summed E-state index contributed by atoms with van der Waals surface area (Å²) < 4.78 is 1.72. The van der Waals surface area contributed by atoms with Gasteiger partial charge in [0.05, 0.1) is 17.2 Å². The van der Waals surface area contributed by atoms with Crippen molar-refractivity contribution in [1.82, 2.24) is 9.55 Å². The minimum atomic E-state index is -0.0477. The molecule has 3 rings (SSSR count). The van der Waals surface area contributed by atoms with E-state index in [4.69, 9.17) is 0 Å². The van der Waals surface area contributed by atoms with Crippen molar-refractivity contribution in [2.45, 2.75) is 45.6 Å². The second-order valence-electron chi connectivity index (χ2n) is 5.38. The molecule has 2 aromatic heterocycles. The van der Waals surface area contributed by atoms with Crippen LogP contribution in [0.2, 0.25) is 0 Å². The molecular weight excluding hydrogens is 284 g/mol. The Kier molecular flexibility index (Phi) is 4.01. The lowest BCUT2D eigenvalue weighted by Crippen LogP contribution is -2.28. The van der Waals surface area contributed by atoms with Crippen LogP contribution in [0.15, 0.2) is 22.3 Å². The van der Waals surface area contributed by atoms with Crippen LogP contribution < -0.4 is 5.56 Å². The van der Waals surface area contributed by atoms with Gasteiger partial charge in [-0.05, 0) is 31.7 Å². The van der Waals surface area contributed by atoms with E-state index in [0.717, 1.165) is 42.1 Å². The fourth-order valence-electron chi connectivity index (χ4n) is 2.78. The van der Waals surface area contributed by atoms with Crippen molar-refractivity contribution in [1.29, 1.82) is 0 Å². The summed E-state index contributed by atoms with van der Waals surface area (Å²) in [6.07, 6.45) is 4.26. The molecular formula is C16H18N2O2S. The average Bonchev–Trinajstić information content (AvgIpc) is 2.90. The van der Waals surface area contributed by atoms with E-state index in [1.165, 1.54) is 6.07 Å². The Morgan fingerprint density at radius 3 is 2.95 bits per heavy atom. The molecule has 0 saturated carbocycles. The molecule has 4 nitrogen and oxygen atoms in total. The highest BCUT2D eigenvalue weighted by Gasteiger charge is 2.21. The zero-order valence-corrected chi connectivity index (χ0v) is 12.9. The number of rotatable bonds is 4. The maximum absolute atomic E-state index is 12.2. The van der Waals surface area contributed by atoms with Crippen LogP contribution in [0, 0.1) is 0 Å². The van der Waals surface area contributed by atoms with Gasteiger partial charge in [-0.15, -0.1) is 11.3 Å². The topological polar surface area (TPSA) is 52.0 Å². The fraction of sp³-hybridized carbons (Fsp3) is 0.438. The van der Waals surface area contributed by atoms with E-state index in [1.54, 1.807) is 22.0 Å². The normalized spacial score (nSPS) is 14.2. The molecule has 5 heteroatoms. The maximum atomic E-state index is 12.2. The lowest BCUT2D eigenvalue weighted by Gasteiger charge is -2.19. The zero-order chi connectivity index (χ0) is 14.8. The van der Waals surface area contributed by atoms with Crippen LogP contribution in [0.4, 0.5) is 0 Å². The molecule has 2 aromatic rings. The molecule has 0 aliphatic heterocycles. The Hall–Kier alpha value is -1.75. The number of fused-ring (bicyclic) bond motifs is 1. The van der Waals surface area contributed by atoms with Crippen LogP contribution in [-0.4, -0.2) is 15.3 Å². The van der Waals surface area contributed by atoms with Crippen molar-refractivity contribution in [3.63, 3.8) is 0 Å². The van der Waals surface area contributed by atoms with E-state index in [2.05, 4.69) is 11.9 Å². The van der Waals surface area contributed by atoms with Gasteiger partial charge in [-0.1, -0.05) is 6.92 Å². The number of nitrogens with zero attached hydrogens (tertiary/aromatic N) is 2. The molecule has 0 N–H and O–H groups in total. The van der Waals surface area contributed by atoms with Crippen LogP contribution in [-0.2, 0) is 19.4 Å². The Bertz CT molecular complexity index is 730. The van der Waals surface area contributed by atoms with Crippen LogP contribution in [0.1, 0.15) is 52.9 Å². The van der Waals surface area contributed by atoms with Gasteiger partial charge in [0.25, 0.3) is 5.56 Å². The highest BCUT2D eigenvalue weighted by Crippen LogP contribution is 2.21. The summed E-state index contributed by atoms with van der Waals surface area (Å²) in [4.78, 5) is 28.7. The summed E-state index contributed by atoms with van der Waals surface area (Å²) in [7, 11) is 0. The SMILES string of the molecule is CCCc1nc(Cn2c3c(ccc2=O)C(=O)CCC3)cs1. The summed E-state index contributed by atoms with van der Waals surface area (Å²) in [5, 5.41) is 3.13. The predicted octanol–water partition coefficient (Wildman–Crippen LogP) is 2.82. The Balaban J connectivity index is 1.96. The predicted molar refractivity (Wildman–Crippen MR) is 83.2 cm³/mol. The van der Waals surface area contributed by atoms with Crippen LogP contribution >= 0.6 is 11.3 Å². The molecule has 0 amide bonds. The lowest BCUT2D eigenvalue weighted by molar-refractivity contribution is 0.0970. The van der Waals surface area contributed by atoms with Gasteiger partial charge < -0.3 is 4.57 Å². The average molecular weight is 302 g/mol. The van der Waals surface area contributed by atoms with Crippen molar-refractivity contribution in [3.8, 4) is 0 Å². The van der Waals surface area contributed by atoms with E-state index in [1.807, 2.05) is 5.38 Å². The fourth-order valence-corrected chi connectivity index (χ4v) is 3.67.